The predicted molar refractivity (Wildman–Crippen MR) is 145 cm³/mol. The Labute approximate surface area is 242 Å². The highest BCUT2D eigenvalue weighted by Crippen LogP contribution is 2.52. The minimum Gasteiger partial charge on any atom is -0.338 e. The lowest BCUT2D eigenvalue weighted by Gasteiger charge is -2.38. The van der Waals surface area contributed by atoms with Crippen LogP contribution in [0.25, 0.3) is 11.0 Å². The third kappa shape index (κ3) is 4.80. The van der Waals surface area contributed by atoms with Crippen LogP contribution in [-0.2, 0) is 15.0 Å². The number of rotatable bonds is 4. The summed E-state index contributed by atoms with van der Waals surface area (Å²) in [7, 11) is 0. The Morgan fingerprint density at radius 3 is 2.59 bits per heavy atom. The molecule has 3 aliphatic rings. The van der Waals surface area contributed by atoms with Crippen molar-refractivity contribution in [1.82, 2.24) is 25.0 Å². The first-order valence-corrected chi connectivity index (χ1v) is 14.0. The van der Waals surface area contributed by atoms with Crippen molar-refractivity contribution in [1.29, 1.82) is 0 Å². The van der Waals surface area contributed by atoms with E-state index in [1.807, 2.05) is 0 Å². The first-order valence-electron chi connectivity index (χ1n) is 13.2. The van der Waals surface area contributed by atoms with Gasteiger partial charge in [-0.1, -0.05) is 23.2 Å². The number of pyridine rings is 1. The number of benzene rings is 1. The van der Waals surface area contributed by atoms with Gasteiger partial charge in [0.2, 0.25) is 11.8 Å². The van der Waals surface area contributed by atoms with Gasteiger partial charge in [0.1, 0.15) is 17.8 Å². The lowest BCUT2D eigenvalue weighted by Crippen LogP contribution is -2.52. The Balaban J connectivity index is 1.24. The van der Waals surface area contributed by atoms with Gasteiger partial charge in [-0.05, 0) is 49.9 Å². The van der Waals surface area contributed by atoms with E-state index in [-0.39, 0.29) is 66.5 Å². The maximum Gasteiger partial charge on any atom is 0.391 e. The van der Waals surface area contributed by atoms with Crippen LogP contribution in [0.3, 0.4) is 0 Å². The van der Waals surface area contributed by atoms with Crippen LogP contribution in [0.4, 0.5) is 18.9 Å². The number of anilines is 1. The summed E-state index contributed by atoms with van der Waals surface area (Å²) in [5.74, 6) is -1.21. The van der Waals surface area contributed by atoms with Gasteiger partial charge < -0.3 is 14.7 Å². The smallest absolute Gasteiger partial charge is 0.338 e. The number of fused-ring (bicyclic) bond motifs is 3. The number of H-pyrrole nitrogens is 1. The molecule has 2 saturated heterocycles. The van der Waals surface area contributed by atoms with E-state index in [0.29, 0.717) is 28.7 Å². The van der Waals surface area contributed by atoms with Gasteiger partial charge >= 0.3 is 6.18 Å². The molecule has 216 valence electrons. The molecule has 0 radical (unpaired) electrons. The fourth-order valence-corrected chi connectivity index (χ4v) is 6.89. The monoisotopic (exact) mass is 608 g/mol. The summed E-state index contributed by atoms with van der Waals surface area (Å²) in [6, 6.07) is 5.53. The molecular formula is C27H25Cl2F3N6O3. The zero-order chi connectivity index (χ0) is 29.1. The number of alkyl halides is 3. The van der Waals surface area contributed by atoms with Crippen molar-refractivity contribution in [3.05, 3.63) is 51.8 Å². The molecule has 0 bridgehead atoms. The normalized spacial score (nSPS) is 20.4. The van der Waals surface area contributed by atoms with Crippen molar-refractivity contribution < 1.29 is 27.6 Å². The highest BCUT2D eigenvalue weighted by atomic mass is 35.5. The number of halogens is 5. The van der Waals surface area contributed by atoms with Crippen molar-refractivity contribution >= 4 is 57.6 Å². The highest BCUT2D eigenvalue weighted by molar-refractivity contribution is 6.43. The van der Waals surface area contributed by atoms with E-state index in [0.717, 1.165) is 0 Å². The number of carbonyl (C=O) groups is 3. The van der Waals surface area contributed by atoms with Gasteiger partial charge in [-0.25, -0.2) is 4.98 Å². The predicted octanol–water partition coefficient (Wildman–Crippen LogP) is 4.73. The van der Waals surface area contributed by atoms with Crippen LogP contribution in [0.1, 0.15) is 48.2 Å². The Kier molecular flexibility index (Phi) is 6.88. The molecule has 1 N–H and O–H groups in total. The molecule has 3 aliphatic heterocycles. The number of hydrogen-bond acceptors (Lipinski definition) is 5. The Morgan fingerprint density at radius 2 is 1.85 bits per heavy atom. The number of aromatic amines is 1. The minimum absolute atomic E-state index is 0.190. The largest absolute Gasteiger partial charge is 0.391 e. The number of amides is 3. The van der Waals surface area contributed by atoms with E-state index in [2.05, 4.69) is 15.2 Å². The molecular weight excluding hydrogens is 584 g/mol. The topological polar surface area (TPSA) is 102 Å². The number of nitrogens with zero attached hydrogens (tertiary/aromatic N) is 5. The van der Waals surface area contributed by atoms with E-state index in [9.17, 15) is 27.6 Å². The van der Waals surface area contributed by atoms with Crippen molar-refractivity contribution in [3.63, 3.8) is 0 Å². The SMILES string of the molecule is O=C(c1ccc2[nH]ncc2n1)N1CCC2(CC1)C(=O)N(CC(=O)N1CCCC1CC(F)(F)F)c1ccc(Cl)c(Cl)c12. The summed E-state index contributed by atoms with van der Waals surface area (Å²) in [6.45, 7) is 0.243. The zero-order valence-corrected chi connectivity index (χ0v) is 23.2. The van der Waals surface area contributed by atoms with Gasteiger partial charge in [0, 0.05) is 31.2 Å². The first kappa shape index (κ1) is 27.8. The summed E-state index contributed by atoms with van der Waals surface area (Å²) in [5, 5.41) is 7.15. The maximum absolute atomic E-state index is 14.1. The summed E-state index contributed by atoms with van der Waals surface area (Å²) in [4.78, 5) is 49.2. The summed E-state index contributed by atoms with van der Waals surface area (Å²) < 4.78 is 39.3. The Morgan fingerprint density at radius 1 is 1.10 bits per heavy atom. The molecule has 1 spiro atoms. The molecule has 0 aliphatic carbocycles. The van der Waals surface area contributed by atoms with Crippen LogP contribution in [-0.4, -0.2) is 81.1 Å². The molecule has 3 aromatic rings. The van der Waals surface area contributed by atoms with E-state index >= 15 is 0 Å². The Bertz CT molecular complexity index is 1550. The lowest BCUT2D eigenvalue weighted by atomic mass is 9.73. The molecule has 0 saturated carbocycles. The van der Waals surface area contributed by atoms with E-state index < -0.39 is 36.5 Å². The van der Waals surface area contributed by atoms with Crippen LogP contribution >= 0.6 is 23.2 Å². The highest BCUT2D eigenvalue weighted by Gasteiger charge is 2.54. The fraction of sp³-hybridized carbons (Fsp3) is 0.444. The van der Waals surface area contributed by atoms with Gasteiger partial charge in [0.05, 0.1) is 39.3 Å². The third-order valence-corrected chi connectivity index (χ3v) is 9.18. The van der Waals surface area contributed by atoms with E-state index in [4.69, 9.17) is 23.2 Å². The molecule has 9 nitrogen and oxygen atoms in total. The van der Waals surface area contributed by atoms with Crippen molar-refractivity contribution in [2.45, 2.75) is 49.7 Å². The molecule has 1 unspecified atom stereocenters. The second-order valence-corrected chi connectivity index (χ2v) is 11.5. The number of nitrogens with one attached hydrogen (secondary N) is 1. The van der Waals surface area contributed by atoms with Gasteiger partial charge in [0.25, 0.3) is 5.91 Å². The average molecular weight is 609 g/mol. The van der Waals surface area contributed by atoms with Crippen molar-refractivity contribution in [3.8, 4) is 0 Å². The molecule has 2 fully saturated rings. The Hall–Kier alpha value is -3.38. The van der Waals surface area contributed by atoms with E-state index in [1.54, 1.807) is 23.1 Å². The van der Waals surface area contributed by atoms with Crippen LogP contribution in [0.2, 0.25) is 10.0 Å². The molecule has 3 amide bonds. The quantitative estimate of drug-likeness (QED) is 0.461. The fourth-order valence-electron chi connectivity index (χ4n) is 6.39. The molecule has 41 heavy (non-hydrogen) atoms. The summed E-state index contributed by atoms with van der Waals surface area (Å²) in [5.41, 5.74) is 1.28. The number of hydrogen-bond donors (Lipinski definition) is 1. The van der Waals surface area contributed by atoms with Gasteiger partial charge in [-0.3, -0.25) is 19.5 Å². The molecule has 2 aromatic heterocycles. The molecule has 1 aromatic carbocycles. The van der Waals surface area contributed by atoms with Crippen molar-refractivity contribution in [2.75, 3.05) is 31.1 Å². The standard InChI is InChI=1S/C27H25Cl2F3N6O3/c28-16-3-6-20-22(23(16)29)26(25(41)38(20)14-21(39)37-9-1-2-15(37)12-27(30,31)32)7-10-36(11-8-26)24(40)18-5-4-17-19(34-18)13-33-35-17/h3-6,13,15H,1-2,7-12,14H2,(H,33,35). The number of aromatic nitrogens is 3. The van der Waals surface area contributed by atoms with Gasteiger partial charge in [-0.2, -0.15) is 18.3 Å². The van der Waals surface area contributed by atoms with E-state index in [1.165, 1.54) is 22.1 Å². The van der Waals surface area contributed by atoms with Gasteiger partial charge in [-0.15, -0.1) is 0 Å². The number of likely N-dealkylation sites (tertiary alicyclic amines) is 2. The minimum atomic E-state index is -4.40. The molecule has 14 heteroatoms. The maximum atomic E-state index is 14.1. The van der Waals surface area contributed by atoms with Crippen LogP contribution in [0.15, 0.2) is 30.5 Å². The molecule has 1 atom stereocenters. The van der Waals surface area contributed by atoms with Crippen LogP contribution < -0.4 is 4.90 Å². The van der Waals surface area contributed by atoms with Crippen molar-refractivity contribution in [2.24, 2.45) is 0 Å². The number of carbonyl (C=O) groups excluding carboxylic acids is 3. The lowest BCUT2D eigenvalue weighted by molar-refractivity contribution is -0.151. The zero-order valence-electron chi connectivity index (χ0n) is 21.7. The first-order chi connectivity index (χ1) is 19.5. The second kappa shape index (κ2) is 10.2. The number of piperidine rings is 1. The summed E-state index contributed by atoms with van der Waals surface area (Å²) in [6.07, 6.45) is -2.78. The summed E-state index contributed by atoms with van der Waals surface area (Å²) >= 11 is 13.0. The average Bonchev–Trinajstić information content (AvgIpc) is 3.64. The van der Waals surface area contributed by atoms with Crippen LogP contribution in [0.5, 0.6) is 0 Å². The second-order valence-electron chi connectivity index (χ2n) is 10.7. The van der Waals surface area contributed by atoms with Gasteiger partial charge in [0.15, 0.2) is 0 Å². The molecule has 6 rings (SSSR count). The molecule has 5 heterocycles. The van der Waals surface area contributed by atoms with Crippen LogP contribution in [0, 0.1) is 0 Å². The third-order valence-electron chi connectivity index (χ3n) is 8.37.